The van der Waals surface area contributed by atoms with Crippen molar-refractivity contribution in [1.82, 2.24) is 5.32 Å². The molecule has 0 aliphatic heterocycles. The normalized spacial score (nSPS) is 11.7. The first kappa shape index (κ1) is 12.2. The molecular weight excluding hydrogens is 184 g/mol. The fraction of sp³-hybridized carbons (Fsp3) is 0.538. The highest BCUT2D eigenvalue weighted by atomic mass is 14.9. The molecule has 0 fully saturated rings. The van der Waals surface area contributed by atoms with Gasteiger partial charge in [0.1, 0.15) is 0 Å². The lowest BCUT2D eigenvalue weighted by atomic mass is 10.0. The Hall–Kier alpha value is -0.860. The third-order valence-corrected chi connectivity index (χ3v) is 2.98. The van der Waals surface area contributed by atoms with Crippen LogP contribution in [0.25, 0.3) is 0 Å². The Bertz CT molecular complexity index is 305. The van der Waals surface area contributed by atoms with E-state index in [0.29, 0.717) is 6.54 Å². The molecule has 0 saturated carbocycles. The van der Waals surface area contributed by atoms with Gasteiger partial charge in [-0.15, -0.1) is 0 Å². The highest BCUT2D eigenvalue weighted by Gasteiger charge is 2.13. The summed E-state index contributed by atoms with van der Waals surface area (Å²) in [6.07, 6.45) is 1.12. The molecule has 0 radical (unpaired) electrons. The summed E-state index contributed by atoms with van der Waals surface area (Å²) in [7, 11) is 0. The average molecular weight is 206 g/mol. The Labute approximate surface area is 92.9 Å². The molecule has 3 N–H and O–H groups in total. The first-order chi connectivity index (χ1) is 7.09. The zero-order valence-electron chi connectivity index (χ0n) is 10.0. The van der Waals surface area contributed by atoms with Crippen LogP contribution in [-0.2, 0) is 13.1 Å². The third-order valence-electron chi connectivity index (χ3n) is 2.98. The van der Waals surface area contributed by atoms with Crippen molar-refractivity contribution in [3.8, 4) is 0 Å². The van der Waals surface area contributed by atoms with Gasteiger partial charge in [0.05, 0.1) is 0 Å². The minimum Gasteiger partial charge on any atom is -0.326 e. The Kier molecular flexibility index (Phi) is 4.30. The molecule has 84 valence electrons. The van der Waals surface area contributed by atoms with E-state index < -0.39 is 0 Å². The maximum Gasteiger partial charge on any atom is 0.0213 e. The van der Waals surface area contributed by atoms with Gasteiger partial charge >= 0.3 is 0 Å². The van der Waals surface area contributed by atoms with Crippen LogP contribution in [0.15, 0.2) is 24.3 Å². The molecular formula is C13H22N2. The van der Waals surface area contributed by atoms with Gasteiger partial charge in [0.2, 0.25) is 0 Å². The predicted octanol–water partition coefficient (Wildman–Crippen LogP) is 2.42. The molecule has 1 rings (SSSR count). The van der Waals surface area contributed by atoms with Crippen LogP contribution in [-0.4, -0.2) is 5.54 Å². The zero-order chi connectivity index (χ0) is 11.3. The monoisotopic (exact) mass is 206 g/mol. The van der Waals surface area contributed by atoms with E-state index >= 15 is 0 Å². The van der Waals surface area contributed by atoms with Crippen LogP contribution in [0.3, 0.4) is 0 Å². The van der Waals surface area contributed by atoms with Crippen molar-refractivity contribution in [3.63, 3.8) is 0 Å². The summed E-state index contributed by atoms with van der Waals surface area (Å²) >= 11 is 0. The molecule has 2 heteroatoms. The average Bonchev–Trinajstić information content (AvgIpc) is 2.27. The number of nitrogens with two attached hydrogens (primary N) is 1. The van der Waals surface area contributed by atoms with E-state index in [1.165, 1.54) is 11.1 Å². The lowest BCUT2D eigenvalue weighted by Gasteiger charge is -2.25. The SMILES string of the molecule is CCC(C)(C)NCc1ccccc1CN. The van der Waals surface area contributed by atoms with Gasteiger partial charge in [-0.3, -0.25) is 0 Å². The molecule has 0 aromatic heterocycles. The van der Waals surface area contributed by atoms with Crippen LogP contribution in [0.2, 0.25) is 0 Å². The number of nitrogens with one attached hydrogen (secondary N) is 1. The molecule has 0 aliphatic carbocycles. The Morgan fingerprint density at radius 3 is 2.33 bits per heavy atom. The van der Waals surface area contributed by atoms with Gasteiger partial charge in [0, 0.05) is 18.6 Å². The second kappa shape index (κ2) is 5.29. The van der Waals surface area contributed by atoms with Gasteiger partial charge in [-0.25, -0.2) is 0 Å². The van der Waals surface area contributed by atoms with Crippen LogP contribution < -0.4 is 11.1 Å². The molecule has 15 heavy (non-hydrogen) atoms. The molecule has 0 heterocycles. The van der Waals surface area contributed by atoms with Crippen molar-refractivity contribution >= 4 is 0 Å². The first-order valence-electron chi connectivity index (χ1n) is 5.61. The second-order valence-corrected chi connectivity index (χ2v) is 4.56. The summed E-state index contributed by atoms with van der Waals surface area (Å²) in [4.78, 5) is 0. The van der Waals surface area contributed by atoms with Gasteiger partial charge < -0.3 is 11.1 Å². The molecule has 1 aromatic carbocycles. The van der Waals surface area contributed by atoms with Gasteiger partial charge in [-0.2, -0.15) is 0 Å². The fourth-order valence-electron chi connectivity index (χ4n) is 1.39. The van der Waals surface area contributed by atoms with Crippen LogP contribution in [0.1, 0.15) is 38.3 Å². The van der Waals surface area contributed by atoms with Gasteiger partial charge in [0.15, 0.2) is 0 Å². The standard InChI is InChI=1S/C13H22N2/c1-4-13(2,3)15-10-12-8-6-5-7-11(12)9-14/h5-8,15H,4,9-10,14H2,1-3H3. The summed E-state index contributed by atoms with van der Waals surface area (Å²) in [5.41, 5.74) is 8.43. The molecule has 1 aromatic rings. The number of benzene rings is 1. The van der Waals surface area contributed by atoms with E-state index in [1.807, 2.05) is 6.07 Å². The minimum absolute atomic E-state index is 0.196. The van der Waals surface area contributed by atoms with E-state index in [-0.39, 0.29) is 5.54 Å². The van der Waals surface area contributed by atoms with Gasteiger partial charge in [0.25, 0.3) is 0 Å². The zero-order valence-corrected chi connectivity index (χ0v) is 10.0. The lowest BCUT2D eigenvalue weighted by Crippen LogP contribution is -2.38. The van der Waals surface area contributed by atoms with Crippen LogP contribution in [0.5, 0.6) is 0 Å². The van der Waals surface area contributed by atoms with Crippen molar-refractivity contribution in [1.29, 1.82) is 0 Å². The van der Waals surface area contributed by atoms with Crippen LogP contribution >= 0.6 is 0 Å². The van der Waals surface area contributed by atoms with E-state index in [1.54, 1.807) is 0 Å². The lowest BCUT2D eigenvalue weighted by molar-refractivity contribution is 0.374. The Morgan fingerprint density at radius 2 is 1.80 bits per heavy atom. The molecule has 2 nitrogen and oxygen atoms in total. The van der Waals surface area contributed by atoms with E-state index in [4.69, 9.17) is 5.73 Å². The fourth-order valence-corrected chi connectivity index (χ4v) is 1.39. The van der Waals surface area contributed by atoms with Gasteiger partial charge in [-0.1, -0.05) is 31.2 Å². The van der Waals surface area contributed by atoms with E-state index in [0.717, 1.165) is 13.0 Å². The summed E-state index contributed by atoms with van der Waals surface area (Å²) in [5.74, 6) is 0. The maximum atomic E-state index is 5.69. The topological polar surface area (TPSA) is 38.0 Å². The smallest absolute Gasteiger partial charge is 0.0213 e. The second-order valence-electron chi connectivity index (χ2n) is 4.56. The van der Waals surface area contributed by atoms with Gasteiger partial charge in [-0.05, 0) is 31.4 Å². The van der Waals surface area contributed by atoms with E-state index in [9.17, 15) is 0 Å². The molecule has 0 aliphatic rings. The van der Waals surface area contributed by atoms with Crippen molar-refractivity contribution in [2.24, 2.45) is 5.73 Å². The molecule has 0 unspecified atom stereocenters. The summed E-state index contributed by atoms with van der Waals surface area (Å²) < 4.78 is 0. The minimum atomic E-state index is 0.196. The highest BCUT2D eigenvalue weighted by molar-refractivity contribution is 5.26. The van der Waals surface area contributed by atoms with E-state index in [2.05, 4.69) is 44.3 Å². The maximum absolute atomic E-state index is 5.69. The highest BCUT2D eigenvalue weighted by Crippen LogP contribution is 2.12. The predicted molar refractivity (Wildman–Crippen MR) is 65.5 cm³/mol. The number of hydrogen-bond donors (Lipinski definition) is 2. The molecule has 0 amide bonds. The third kappa shape index (κ3) is 3.65. The summed E-state index contributed by atoms with van der Waals surface area (Å²) in [5, 5.41) is 3.54. The number of rotatable bonds is 5. The molecule has 0 spiro atoms. The first-order valence-corrected chi connectivity index (χ1v) is 5.61. The largest absolute Gasteiger partial charge is 0.326 e. The number of hydrogen-bond acceptors (Lipinski definition) is 2. The Morgan fingerprint density at radius 1 is 1.20 bits per heavy atom. The van der Waals surface area contributed by atoms with Crippen molar-refractivity contribution in [2.45, 2.75) is 45.8 Å². The van der Waals surface area contributed by atoms with Crippen molar-refractivity contribution < 1.29 is 0 Å². The molecule has 0 atom stereocenters. The summed E-state index contributed by atoms with van der Waals surface area (Å²) in [6.45, 7) is 8.15. The van der Waals surface area contributed by atoms with Crippen molar-refractivity contribution in [2.75, 3.05) is 0 Å². The quantitative estimate of drug-likeness (QED) is 0.776. The van der Waals surface area contributed by atoms with Crippen molar-refractivity contribution in [3.05, 3.63) is 35.4 Å². The molecule has 0 saturated heterocycles. The van der Waals surface area contributed by atoms with Crippen LogP contribution in [0, 0.1) is 0 Å². The van der Waals surface area contributed by atoms with Crippen LogP contribution in [0.4, 0.5) is 0 Å². The molecule has 0 bridgehead atoms. The Balaban J connectivity index is 2.65. The summed E-state index contributed by atoms with van der Waals surface area (Å²) in [6, 6.07) is 8.34.